The number of aromatic nitrogens is 5. The zero-order valence-electron chi connectivity index (χ0n) is 19.6. The molecule has 0 saturated carbocycles. The summed E-state index contributed by atoms with van der Waals surface area (Å²) in [5.41, 5.74) is 8.62. The van der Waals surface area contributed by atoms with Gasteiger partial charge in [-0.15, -0.1) is 0 Å². The molecule has 186 valence electrons. The van der Waals surface area contributed by atoms with Gasteiger partial charge < -0.3 is 15.8 Å². The Morgan fingerprint density at radius 3 is 2.86 bits per heavy atom. The molecule has 0 aliphatic rings. The van der Waals surface area contributed by atoms with Crippen LogP contribution < -0.4 is 15.8 Å². The van der Waals surface area contributed by atoms with Crippen LogP contribution in [-0.4, -0.2) is 43.7 Å². The van der Waals surface area contributed by atoms with E-state index in [-0.39, 0.29) is 6.54 Å². The molecule has 37 heavy (non-hydrogen) atoms. The predicted molar refractivity (Wildman–Crippen MR) is 140 cm³/mol. The summed E-state index contributed by atoms with van der Waals surface area (Å²) < 4.78 is 9.05. The number of rotatable bonds is 6. The van der Waals surface area contributed by atoms with E-state index in [0.29, 0.717) is 56.9 Å². The number of benzene rings is 2. The molecule has 0 fully saturated rings. The lowest BCUT2D eigenvalue weighted by Gasteiger charge is -2.10. The number of pyridine rings is 1. The van der Waals surface area contributed by atoms with Gasteiger partial charge in [-0.05, 0) is 48.9 Å². The number of amides is 1. The van der Waals surface area contributed by atoms with Gasteiger partial charge in [0.05, 0.1) is 46.0 Å². The second kappa shape index (κ2) is 10.1. The van der Waals surface area contributed by atoms with Crippen molar-refractivity contribution < 1.29 is 9.53 Å². The highest BCUT2D eigenvalue weighted by Crippen LogP contribution is 2.38. The van der Waals surface area contributed by atoms with Crippen molar-refractivity contribution in [2.24, 2.45) is 5.73 Å². The standard InChI is InChI=1S/C25H20Cl2N8O2/c1-14-4-6-30-24-22(14)20(33-35(24)25(36)31-7-5-28)13-34-21-3-2-19(27)23(18(21)12-32-34)37-17-9-15(11-29)8-16(26)10-17/h2-4,6,8-10,12H,5,7,13,28H2,1H3,(H,31,36). The summed E-state index contributed by atoms with van der Waals surface area (Å²) in [6.45, 7) is 2.83. The largest absolute Gasteiger partial charge is 0.455 e. The topological polar surface area (TPSA) is 137 Å². The molecule has 3 aromatic heterocycles. The van der Waals surface area contributed by atoms with E-state index in [1.165, 1.54) is 4.68 Å². The molecule has 3 N–H and O–H groups in total. The summed E-state index contributed by atoms with van der Waals surface area (Å²) in [5.74, 6) is 0.757. The van der Waals surface area contributed by atoms with Crippen LogP contribution in [-0.2, 0) is 6.54 Å². The van der Waals surface area contributed by atoms with Gasteiger partial charge in [-0.1, -0.05) is 23.2 Å². The Morgan fingerprint density at radius 1 is 1.24 bits per heavy atom. The van der Waals surface area contributed by atoms with Crippen molar-refractivity contribution >= 4 is 51.2 Å². The summed E-state index contributed by atoms with van der Waals surface area (Å²) in [4.78, 5) is 17.1. The van der Waals surface area contributed by atoms with Crippen LogP contribution >= 0.6 is 23.2 Å². The summed E-state index contributed by atoms with van der Waals surface area (Å²) in [7, 11) is 0. The zero-order chi connectivity index (χ0) is 26.1. The van der Waals surface area contributed by atoms with E-state index in [0.717, 1.165) is 16.5 Å². The molecular formula is C25H20Cl2N8O2. The molecule has 0 aliphatic heterocycles. The fourth-order valence-electron chi connectivity index (χ4n) is 4.06. The molecule has 0 radical (unpaired) electrons. The molecule has 0 unspecified atom stereocenters. The van der Waals surface area contributed by atoms with Crippen molar-refractivity contribution in [3.63, 3.8) is 0 Å². The Balaban J connectivity index is 1.55. The molecule has 0 bridgehead atoms. The van der Waals surface area contributed by atoms with Gasteiger partial charge in [0.25, 0.3) is 0 Å². The normalized spacial score (nSPS) is 11.1. The van der Waals surface area contributed by atoms with E-state index in [1.807, 2.05) is 19.1 Å². The molecule has 1 amide bonds. The van der Waals surface area contributed by atoms with Gasteiger partial charge in [0.1, 0.15) is 5.75 Å². The van der Waals surface area contributed by atoms with Gasteiger partial charge in [-0.3, -0.25) is 4.68 Å². The maximum absolute atomic E-state index is 12.7. The molecular weight excluding hydrogens is 515 g/mol. The van der Waals surface area contributed by atoms with E-state index < -0.39 is 6.03 Å². The van der Waals surface area contributed by atoms with Crippen molar-refractivity contribution in [3.8, 4) is 17.6 Å². The van der Waals surface area contributed by atoms with Crippen molar-refractivity contribution in [1.29, 1.82) is 5.26 Å². The minimum Gasteiger partial charge on any atom is -0.455 e. The number of nitriles is 1. The summed E-state index contributed by atoms with van der Waals surface area (Å²) in [6, 6.07) is 11.8. The van der Waals surface area contributed by atoms with Crippen molar-refractivity contribution in [1.82, 2.24) is 29.9 Å². The van der Waals surface area contributed by atoms with E-state index in [1.54, 1.807) is 41.3 Å². The van der Waals surface area contributed by atoms with E-state index in [9.17, 15) is 10.1 Å². The lowest BCUT2D eigenvalue weighted by atomic mass is 10.1. The van der Waals surface area contributed by atoms with Crippen LogP contribution in [0.3, 0.4) is 0 Å². The maximum Gasteiger partial charge on any atom is 0.344 e. The fourth-order valence-corrected chi connectivity index (χ4v) is 4.49. The highest BCUT2D eigenvalue weighted by Gasteiger charge is 2.20. The van der Waals surface area contributed by atoms with Crippen LogP contribution in [0.2, 0.25) is 10.0 Å². The number of hydrogen-bond acceptors (Lipinski definition) is 7. The number of halogens is 2. The van der Waals surface area contributed by atoms with Crippen LogP contribution in [0.5, 0.6) is 11.5 Å². The van der Waals surface area contributed by atoms with Gasteiger partial charge >= 0.3 is 6.03 Å². The monoisotopic (exact) mass is 534 g/mol. The van der Waals surface area contributed by atoms with E-state index in [4.69, 9.17) is 33.7 Å². The van der Waals surface area contributed by atoms with Gasteiger partial charge in [0.15, 0.2) is 11.4 Å². The van der Waals surface area contributed by atoms with Crippen LogP contribution in [0.4, 0.5) is 4.79 Å². The van der Waals surface area contributed by atoms with Crippen LogP contribution in [0.15, 0.2) is 48.8 Å². The highest BCUT2D eigenvalue weighted by molar-refractivity contribution is 6.33. The van der Waals surface area contributed by atoms with E-state index >= 15 is 0 Å². The third-order valence-corrected chi connectivity index (χ3v) is 6.23. The third-order valence-electron chi connectivity index (χ3n) is 5.71. The fraction of sp³-hybridized carbons (Fsp3) is 0.160. The zero-order valence-corrected chi connectivity index (χ0v) is 21.1. The van der Waals surface area contributed by atoms with Gasteiger partial charge in [-0.2, -0.15) is 20.1 Å². The number of fused-ring (bicyclic) bond motifs is 2. The minimum absolute atomic E-state index is 0.264. The van der Waals surface area contributed by atoms with Crippen LogP contribution in [0, 0.1) is 18.3 Å². The Labute approximate surface area is 221 Å². The van der Waals surface area contributed by atoms with Crippen molar-refractivity contribution in [2.75, 3.05) is 13.1 Å². The SMILES string of the molecule is Cc1ccnc2c1c(Cn1ncc3c(Oc4cc(Cl)cc(C#N)c4)c(Cl)ccc31)nn2C(=O)NCCN. The molecule has 5 rings (SSSR count). The lowest BCUT2D eigenvalue weighted by Crippen LogP contribution is -2.33. The second-order valence-electron chi connectivity index (χ2n) is 8.21. The first-order valence-electron chi connectivity index (χ1n) is 11.2. The molecule has 0 saturated heterocycles. The average molecular weight is 535 g/mol. The molecule has 12 heteroatoms. The molecule has 10 nitrogen and oxygen atoms in total. The number of ether oxygens (including phenoxy) is 1. The Kier molecular flexibility index (Phi) is 6.67. The number of carbonyl (C=O) groups excluding carboxylic acids is 1. The first-order valence-corrected chi connectivity index (χ1v) is 12.0. The Hall–Kier alpha value is -4.17. The van der Waals surface area contributed by atoms with Crippen LogP contribution in [0.25, 0.3) is 21.9 Å². The van der Waals surface area contributed by atoms with Gasteiger partial charge in [0.2, 0.25) is 0 Å². The number of carbonyl (C=O) groups is 1. The number of nitrogens with zero attached hydrogens (tertiary/aromatic N) is 6. The average Bonchev–Trinajstić information content (AvgIpc) is 3.46. The molecule has 3 heterocycles. The summed E-state index contributed by atoms with van der Waals surface area (Å²) in [5, 5.41) is 23.2. The van der Waals surface area contributed by atoms with E-state index in [2.05, 4.69) is 26.6 Å². The quantitative estimate of drug-likeness (QED) is 0.324. The molecule has 5 aromatic rings. The first-order chi connectivity index (χ1) is 17.9. The van der Waals surface area contributed by atoms with Gasteiger partial charge in [0, 0.05) is 29.7 Å². The second-order valence-corrected chi connectivity index (χ2v) is 9.05. The summed E-state index contributed by atoms with van der Waals surface area (Å²) in [6.07, 6.45) is 3.28. The smallest absolute Gasteiger partial charge is 0.344 e. The number of hydrogen-bond donors (Lipinski definition) is 2. The Bertz CT molecular complexity index is 1700. The lowest BCUT2D eigenvalue weighted by molar-refractivity contribution is 0.240. The first kappa shape index (κ1) is 24.5. The summed E-state index contributed by atoms with van der Waals surface area (Å²) >= 11 is 12.6. The van der Waals surface area contributed by atoms with Crippen molar-refractivity contribution in [2.45, 2.75) is 13.5 Å². The predicted octanol–water partition coefficient (Wildman–Crippen LogP) is 4.62. The number of nitrogens with two attached hydrogens (primary N) is 1. The molecule has 0 spiro atoms. The number of aryl methyl sites for hydroxylation is 1. The van der Waals surface area contributed by atoms with Gasteiger partial charge in [-0.25, -0.2) is 9.78 Å². The molecule has 2 aromatic carbocycles. The minimum atomic E-state index is -0.411. The highest BCUT2D eigenvalue weighted by atomic mass is 35.5. The third kappa shape index (κ3) is 4.68. The maximum atomic E-state index is 12.7. The number of nitrogens with one attached hydrogen (secondary N) is 1. The van der Waals surface area contributed by atoms with Crippen molar-refractivity contribution in [3.05, 3.63) is 75.7 Å². The Morgan fingerprint density at radius 2 is 2.08 bits per heavy atom. The molecule has 0 atom stereocenters. The molecule has 0 aliphatic carbocycles. The van der Waals surface area contributed by atoms with Crippen LogP contribution in [0.1, 0.15) is 16.8 Å².